The van der Waals surface area contributed by atoms with E-state index in [1.807, 2.05) is 38.1 Å². The largest absolute Gasteiger partial charge is 0.464 e. The number of fused-ring (bicyclic) bond motifs is 1. The molecule has 5 heteroatoms. The Morgan fingerprint density at radius 3 is 2.70 bits per heavy atom. The van der Waals surface area contributed by atoms with Crippen LogP contribution in [0.1, 0.15) is 30.0 Å². The molecule has 0 saturated heterocycles. The molecule has 3 aromatic rings. The topological polar surface area (TPSA) is 74.3 Å². The maximum atomic E-state index is 11.7. The average molecular weight is 272 g/mol. The van der Waals surface area contributed by atoms with Gasteiger partial charge in [-0.1, -0.05) is 6.07 Å². The molecule has 0 saturated carbocycles. The van der Waals surface area contributed by atoms with E-state index in [0.717, 1.165) is 16.8 Å². The molecule has 0 radical (unpaired) electrons. The number of aryl methyl sites for hydroxylation is 2. The van der Waals surface area contributed by atoms with Gasteiger partial charge >= 0.3 is 5.76 Å². The molecule has 2 N–H and O–H groups in total. The SMILES string of the molecule is CCn1c(=O)oc2cc(C(N)c3ccc(C)o3)ccc21. The molecule has 20 heavy (non-hydrogen) atoms. The fraction of sp³-hybridized carbons (Fsp3) is 0.267. The highest BCUT2D eigenvalue weighted by Gasteiger charge is 2.15. The van der Waals surface area contributed by atoms with E-state index in [1.165, 1.54) is 0 Å². The average Bonchev–Trinajstić information content (AvgIpc) is 2.99. The molecule has 1 aromatic carbocycles. The Bertz CT molecular complexity index is 810. The highest BCUT2D eigenvalue weighted by molar-refractivity contribution is 5.74. The van der Waals surface area contributed by atoms with Crippen LogP contribution in [-0.4, -0.2) is 4.57 Å². The molecule has 0 bridgehead atoms. The molecule has 2 heterocycles. The summed E-state index contributed by atoms with van der Waals surface area (Å²) in [6, 6.07) is 8.91. The van der Waals surface area contributed by atoms with Gasteiger partial charge in [0, 0.05) is 6.54 Å². The van der Waals surface area contributed by atoms with E-state index in [0.29, 0.717) is 17.9 Å². The Morgan fingerprint density at radius 2 is 2.05 bits per heavy atom. The fourth-order valence-corrected chi connectivity index (χ4v) is 2.36. The molecule has 1 unspecified atom stereocenters. The summed E-state index contributed by atoms with van der Waals surface area (Å²) in [6.45, 7) is 4.36. The van der Waals surface area contributed by atoms with Crippen molar-refractivity contribution in [3.8, 4) is 0 Å². The number of nitrogens with two attached hydrogens (primary N) is 1. The van der Waals surface area contributed by atoms with Crippen molar-refractivity contribution in [2.45, 2.75) is 26.4 Å². The lowest BCUT2D eigenvalue weighted by Crippen LogP contribution is -2.12. The Morgan fingerprint density at radius 1 is 1.25 bits per heavy atom. The summed E-state index contributed by atoms with van der Waals surface area (Å²) in [5.74, 6) is 1.17. The van der Waals surface area contributed by atoms with Crippen molar-refractivity contribution in [2.75, 3.05) is 0 Å². The first-order valence-electron chi connectivity index (χ1n) is 6.55. The molecule has 0 aliphatic heterocycles. The van der Waals surface area contributed by atoms with Gasteiger partial charge in [-0.15, -0.1) is 0 Å². The molecule has 3 rings (SSSR count). The predicted molar refractivity (Wildman–Crippen MR) is 75.6 cm³/mol. The summed E-state index contributed by atoms with van der Waals surface area (Å²) < 4.78 is 12.4. The lowest BCUT2D eigenvalue weighted by molar-refractivity contribution is 0.466. The van der Waals surface area contributed by atoms with E-state index in [-0.39, 0.29) is 11.8 Å². The first-order valence-corrected chi connectivity index (χ1v) is 6.55. The molecule has 0 amide bonds. The van der Waals surface area contributed by atoms with Crippen LogP contribution in [0, 0.1) is 6.92 Å². The van der Waals surface area contributed by atoms with Crippen LogP contribution < -0.4 is 11.5 Å². The van der Waals surface area contributed by atoms with Gasteiger partial charge in [0.15, 0.2) is 5.58 Å². The minimum atomic E-state index is -0.372. The first-order chi connectivity index (χ1) is 9.60. The lowest BCUT2D eigenvalue weighted by Gasteiger charge is -2.09. The Kier molecular flexibility index (Phi) is 2.99. The second kappa shape index (κ2) is 4.68. The number of benzene rings is 1. The van der Waals surface area contributed by atoms with E-state index < -0.39 is 0 Å². The predicted octanol–water partition coefficient (Wildman–Crippen LogP) is 2.56. The van der Waals surface area contributed by atoms with Gasteiger partial charge in [-0.25, -0.2) is 4.79 Å². The number of nitrogens with zero attached hydrogens (tertiary/aromatic N) is 1. The van der Waals surface area contributed by atoms with Gasteiger partial charge in [-0.05, 0) is 43.7 Å². The zero-order valence-corrected chi connectivity index (χ0v) is 11.4. The summed E-state index contributed by atoms with van der Waals surface area (Å²) >= 11 is 0. The first kappa shape index (κ1) is 12.7. The van der Waals surface area contributed by atoms with Crippen molar-refractivity contribution in [3.63, 3.8) is 0 Å². The quantitative estimate of drug-likeness (QED) is 0.795. The summed E-state index contributed by atoms with van der Waals surface area (Å²) in [7, 11) is 0. The minimum absolute atomic E-state index is 0.345. The highest BCUT2D eigenvalue weighted by Crippen LogP contribution is 2.24. The Hall–Kier alpha value is -2.27. The Labute approximate surface area is 115 Å². The van der Waals surface area contributed by atoms with Crippen molar-refractivity contribution in [2.24, 2.45) is 5.73 Å². The minimum Gasteiger partial charge on any atom is -0.464 e. The number of rotatable bonds is 3. The van der Waals surface area contributed by atoms with Crippen LogP contribution in [0.15, 0.2) is 44.0 Å². The molecule has 2 aromatic heterocycles. The maximum Gasteiger partial charge on any atom is 0.419 e. The van der Waals surface area contributed by atoms with E-state index in [2.05, 4.69) is 0 Å². The Balaban J connectivity index is 2.07. The second-order valence-electron chi connectivity index (χ2n) is 4.77. The fourth-order valence-electron chi connectivity index (χ4n) is 2.36. The van der Waals surface area contributed by atoms with Crippen LogP contribution in [-0.2, 0) is 6.54 Å². The summed E-state index contributed by atoms with van der Waals surface area (Å²) in [4.78, 5) is 11.7. The van der Waals surface area contributed by atoms with Crippen LogP contribution >= 0.6 is 0 Å². The zero-order valence-electron chi connectivity index (χ0n) is 11.4. The third-order valence-electron chi connectivity index (χ3n) is 3.44. The van der Waals surface area contributed by atoms with Crippen LogP contribution in [0.25, 0.3) is 11.1 Å². The van der Waals surface area contributed by atoms with Crippen molar-refractivity contribution in [3.05, 3.63) is 58.0 Å². The van der Waals surface area contributed by atoms with Crippen molar-refractivity contribution >= 4 is 11.1 Å². The summed E-state index contributed by atoms with van der Waals surface area (Å²) in [5, 5.41) is 0. The van der Waals surface area contributed by atoms with Gasteiger partial charge < -0.3 is 14.6 Å². The molecule has 0 fully saturated rings. The molecular formula is C15H16N2O3. The summed E-state index contributed by atoms with van der Waals surface area (Å²) in [5.41, 5.74) is 8.36. The van der Waals surface area contributed by atoms with E-state index in [1.54, 1.807) is 10.6 Å². The maximum absolute atomic E-state index is 11.7. The molecule has 104 valence electrons. The highest BCUT2D eigenvalue weighted by atomic mass is 16.4. The number of hydrogen-bond acceptors (Lipinski definition) is 4. The lowest BCUT2D eigenvalue weighted by atomic mass is 10.1. The number of aromatic nitrogens is 1. The van der Waals surface area contributed by atoms with Crippen LogP contribution in [0.5, 0.6) is 0 Å². The van der Waals surface area contributed by atoms with Crippen molar-refractivity contribution < 1.29 is 8.83 Å². The van der Waals surface area contributed by atoms with Crippen LogP contribution in [0.3, 0.4) is 0 Å². The van der Waals surface area contributed by atoms with E-state index >= 15 is 0 Å². The molecular weight excluding hydrogens is 256 g/mol. The monoisotopic (exact) mass is 272 g/mol. The third kappa shape index (κ3) is 1.96. The number of furan rings is 1. The van der Waals surface area contributed by atoms with Gasteiger partial charge in [-0.2, -0.15) is 0 Å². The third-order valence-corrected chi connectivity index (χ3v) is 3.44. The van der Waals surface area contributed by atoms with E-state index in [9.17, 15) is 4.79 Å². The molecule has 0 spiro atoms. The standard InChI is InChI=1S/C15H16N2O3/c1-3-17-11-6-5-10(8-13(11)20-15(17)18)14(16)12-7-4-9(2)19-12/h4-8,14H,3,16H2,1-2H3. The van der Waals surface area contributed by atoms with Gasteiger partial charge in [0.05, 0.1) is 11.6 Å². The molecule has 1 atom stereocenters. The summed E-state index contributed by atoms with van der Waals surface area (Å²) in [6.07, 6.45) is 0. The van der Waals surface area contributed by atoms with Gasteiger partial charge in [0.2, 0.25) is 0 Å². The normalized spacial score (nSPS) is 12.9. The van der Waals surface area contributed by atoms with E-state index in [4.69, 9.17) is 14.6 Å². The number of oxazole rings is 1. The van der Waals surface area contributed by atoms with Crippen LogP contribution in [0.4, 0.5) is 0 Å². The molecule has 5 nitrogen and oxygen atoms in total. The number of hydrogen-bond donors (Lipinski definition) is 1. The van der Waals surface area contributed by atoms with Gasteiger partial charge in [0.1, 0.15) is 11.5 Å². The second-order valence-corrected chi connectivity index (χ2v) is 4.77. The van der Waals surface area contributed by atoms with Crippen LogP contribution in [0.2, 0.25) is 0 Å². The molecule has 0 aliphatic carbocycles. The molecule has 0 aliphatic rings. The van der Waals surface area contributed by atoms with Crippen molar-refractivity contribution in [1.82, 2.24) is 4.57 Å². The van der Waals surface area contributed by atoms with Crippen molar-refractivity contribution in [1.29, 1.82) is 0 Å². The smallest absolute Gasteiger partial charge is 0.419 e. The van der Waals surface area contributed by atoms with Gasteiger partial charge in [-0.3, -0.25) is 4.57 Å². The van der Waals surface area contributed by atoms with Gasteiger partial charge in [0.25, 0.3) is 0 Å². The zero-order chi connectivity index (χ0) is 14.3.